The number of hydrogen-bond acceptors (Lipinski definition) is 3. The number of carbonyl (C=O) groups excluding carboxylic acids is 1. The monoisotopic (exact) mass is 171 g/mol. The van der Waals surface area contributed by atoms with Crippen LogP contribution in [-0.2, 0) is 4.79 Å². The van der Waals surface area contributed by atoms with E-state index in [0.29, 0.717) is 6.54 Å². The zero-order valence-electron chi connectivity index (χ0n) is 7.49. The fourth-order valence-electron chi connectivity index (χ4n) is 1.56. The molecule has 4 nitrogen and oxygen atoms in total. The van der Waals surface area contributed by atoms with Gasteiger partial charge in [0.05, 0.1) is 6.04 Å². The van der Waals surface area contributed by atoms with E-state index in [1.807, 2.05) is 0 Å². The Morgan fingerprint density at radius 2 is 2.42 bits per heavy atom. The third-order valence-electron chi connectivity index (χ3n) is 2.33. The normalized spacial score (nSPS) is 27.3. The largest absolute Gasteiger partial charge is 0.368 e. The average molecular weight is 171 g/mol. The number of likely N-dealkylation sites (tertiary alicyclic amines) is 1. The van der Waals surface area contributed by atoms with E-state index in [2.05, 4.69) is 11.8 Å². The summed E-state index contributed by atoms with van der Waals surface area (Å²) in [5, 5.41) is 0. The first-order valence-electron chi connectivity index (χ1n) is 4.37. The van der Waals surface area contributed by atoms with Gasteiger partial charge in [-0.1, -0.05) is 6.92 Å². The van der Waals surface area contributed by atoms with Crippen LogP contribution in [0, 0.1) is 5.92 Å². The predicted octanol–water partition coefficient (Wildman–Crippen LogP) is -0.859. The van der Waals surface area contributed by atoms with Gasteiger partial charge in [0.15, 0.2) is 0 Å². The van der Waals surface area contributed by atoms with Crippen LogP contribution >= 0.6 is 0 Å². The van der Waals surface area contributed by atoms with Gasteiger partial charge in [-0.25, -0.2) is 0 Å². The fourth-order valence-corrected chi connectivity index (χ4v) is 1.56. The molecule has 0 bridgehead atoms. The van der Waals surface area contributed by atoms with Gasteiger partial charge in [-0.3, -0.25) is 4.79 Å². The van der Waals surface area contributed by atoms with Gasteiger partial charge in [0.1, 0.15) is 0 Å². The van der Waals surface area contributed by atoms with E-state index in [1.54, 1.807) is 0 Å². The van der Waals surface area contributed by atoms with Gasteiger partial charge >= 0.3 is 0 Å². The highest BCUT2D eigenvalue weighted by atomic mass is 16.1. The van der Waals surface area contributed by atoms with E-state index < -0.39 is 11.9 Å². The van der Waals surface area contributed by atoms with Gasteiger partial charge in [0.25, 0.3) is 0 Å². The molecule has 1 fully saturated rings. The molecule has 0 aromatic carbocycles. The van der Waals surface area contributed by atoms with E-state index >= 15 is 0 Å². The highest BCUT2D eigenvalue weighted by molar-refractivity contribution is 5.79. The SMILES string of the molecule is CC1CCN(CC(N)C(N)=O)C1. The molecule has 2 unspecified atom stereocenters. The summed E-state index contributed by atoms with van der Waals surface area (Å²) in [4.78, 5) is 12.8. The molecule has 4 N–H and O–H groups in total. The second kappa shape index (κ2) is 3.87. The minimum absolute atomic E-state index is 0.408. The lowest BCUT2D eigenvalue weighted by molar-refractivity contribution is -0.119. The minimum atomic E-state index is -0.504. The molecule has 0 spiro atoms. The summed E-state index contributed by atoms with van der Waals surface area (Å²) in [6, 6.07) is -0.504. The minimum Gasteiger partial charge on any atom is -0.368 e. The second-order valence-corrected chi connectivity index (χ2v) is 3.66. The van der Waals surface area contributed by atoms with E-state index in [-0.39, 0.29) is 0 Å². The van der Waals surface area contributed by atoms with Crippen LogP contribution in [0.15, 0.2) is 0 Å². The van der Waals surface area contributed by atoms with Crippen molar-refractivity contribution in [1.82, 2.24) is 4.90 Å². The Labute approximate surface area is 72.9 Å². The lowest BCUT2D eigenvalue weighted by atomic mass is 10.2. The molecule has 0 aromatic rings. The van der Waals surface area contributed by atoms with Crippen molar-refractivity contribution >= 4 is 5.91 Å². The number of nitrogens with two attached hydrogens (primary N) is 2. The van der Waals surface area contributed by atoms with E-state index in [1.165, 1.54) is 6.42 Å². The quantitative estimate of drug-likeness (QED) is 0.580. The smallest absolute Gasteiger partial charge is 0.235 e. The fraction of sp³-hybridized carbons (Fsp3) is 0.875. The molecule has 1 aliphatic heterocycles. The number of primary amides is 1. The van der Waals surface area contributed by atoms with E-state index in [4.69, 9.17) is 11.5 Å². The topological polar surface area (TPSA) is 72.3 Å². The first-order chi connectivity index (χ1) is 5.59. The van der Waals surface area contributed by atoms with Crippen LogP contribution in [0.5, 0.6) is 0 Å². The Balaban J connectivity index is 2.27. The Hall–Kier alpha value is -0.610. The second-order valence-electron chi connectivity index (χ2n) is 3.66. The maximum atomic E-state index is 10.6. The van der Waals surface area contributed by atoms with Crippen molar-refractivity contribution in [1.29, 1.82) is 0 Å². The van der Waals surface area contributed by atoms with Gasteiger partial charge < -0.3 is 16.4 Å². The van der Waals surface area contributed by atoms with Crippen LogP contribution in [-0.4, -0.2) is 36.5 Å². The zero-order chi connectivity index (χ0) is 9.14. The summed E-state index contributed by atoms with van der Waals surface area (Å²) in [6.07, 6.45) is 1.20. The van der Waals surface area contributed by atoms with Crippen LogP contribution in [0.25, 0.3) is 0 Å². The Morgan fingerprint density at radius 3 is 2.83 bits per heavy atom. The van der Waals surface area contributed by atoms with Gasteiger partial charge in [-0.2, -0.15) is 0 Å². The molecule has 70 valence electrons. The summed E-state index contributed by atoms with van der Waals surface area (Å²) < 4.78 is 0. The summed E-state index contributed by atoms with van der Waals surface area (Å²) in [5.41, 5.74) is 10.6. The average Bonchev–Trinajstić information content (AvgIpc) is 2.35. The van der Waals surface area contributed by atoms with Crippen molar-refractivity contribution in [3.63, 3.8) is 0 Å². The van der Waals surface area contributed by atoms with Gasteiger partial charge in [0, 0.05) is 13.1 Å². The summed E-state index contributed by atoms with van der Waals surface area (Å²) >= 11 is 0. The van der Waals surface area contributed by atoms with Gasteiger partial charge in [0.2, 0.25) is 5.91 Å². The Morgan fingerprint density at radius 1 is 1.75 bits per heavy atom. The molecule has 1 heterocycles. The number of hydrogen-bond donors (Lipinski definition) is 2. The first kappa shape index (κ1) is 9.48. The number of carbonyl (C=O) groups is 1. The van der Waals surface area contributed by atoms with Crippen molar-refractivity contribution in [3.05, 3.63) is 0 Å². The van der Waals surface area contributed by atoms with Gasteiger partial charge in [-0.15, -0.1) is 0 Å². The number of nitrogens with zero attached hydrogens (tertiary/aromatic N) is 1. The van der Waals surface area contributed by atoms with Crippen LogP contribution in [0.2, 0.25) is 0 Å². The molecule has 0 aliphatic carbocycles. The molecular formula is C8H17N3O. The molecular weight excluding hydrogens is 154 g/mol. The lowest BCUT2D eigenvalue weighted by Crippen LogP contribution is -2.45. The molecule has 2 atom stereocenters. The highest BCUT2D eigenvalue weighted by Crippen LogP contribution is 2.14. The molecule has 1 saturated heterocycles. The standard InChI is InChI=1S/C8H17N3O/c1-6-2-3-11(4-6)5-7(9)8(10)12/h6-7H,2-5,9H2,1H3,(H2,10,12). The van der Waals surface area contributed by atoms with Crippen molar-refractivity contribution < 1.29 is 4.79 Å². The van der Waals surface area contributed by atoms with Crippen molar-refractivity contribution in [2.45, 2.75) is 19.4 Å². The van der Waals surface area contributed by atoms with E-state index in [9.17, 15) is 4.79 Å². The predicted molar refractivity (Wildman–Crippen MR) is 47.4 cm³/mol. The lowest BCUT2D eigenvalue weighted by Gasteiger charge is -2.17. The molecule has 0 saturated carbocycles. The summed E-state index contributed by atoms with van der Waals surface area (Å²) in [5.74, 6) is 0.319. The number of rotatable bonds is 3. The van der Waals surface area contributed by atoms with Crippen LogP contribution in [0.1, 0.15) is 13.3 Å². The molecule has 1 amide bonds. The highest BCUT2D eigenvalue weighted by Gasteiger charge is 2.21. The van der Waals surface area contributed by atoms with Crippen molar-refractivity contribution in [2.75, 3.05) is 19.6 Å². The molecule has 0 radical (unpaired) electrons. The molecule has 12 heavy (non-hydrogen) atoms. The Bertz CT molecular complexity index is 172. The molecule has 1 rings (SSSR count). The van der Waals surface area contributed by atoms with Crippen LogP contribution < -0.4 is 11.5 Å². The van der Waals surface area contributed by atoms with Crippen molar-refractivity contribution in [2.24, 2.45) is 17.4 Å². The first-order valence-corrected chi connectivity index (χ1v) is 4.37. The summed E-state index contributed by atoms with van der Waals surface area (Å²) in [7, 11) is 0. The zero-order valence-corrected chi connectivity index (χ0v) is 7.49. The van der Waals surface area contributed by atoms with Gasteiger partial charge in [-0.05, 0) is 18.9 Å². The molecule has 1 aliphatic rings. The molecule has 4 heteroatoms. The third kappa shape index (κ3) is 2.46. The molecule has 0 aromatic heterocycles. The van der Waals surface area contributed by atoms with E-state index in [0.717, 1.165) is 19.0 Å². The maximum Gasteiger partial charge on any atom is 0.235 e. The third-order valence-corrected chi connectivity index (χ3v) is 2.33. The maximum absolute atomic E-state index is 10.6. The number of amides is 1. The Kier molecular flexibility index (Phi) is 3.05. The van der Waals surface area contributed by atoms with Crippen LogP contribution in [0.3, 0.4) is 0 Å². The van der Waals surface area contributed by atoms with Crippen molar-refractivity contribution in [3.8, 4) is 0 Å². The van der Waals surface area contributed by atoms with Crippen LogP contribution in [0.4, 0.5) is 0 Å². The summed E-state index contributed by atoms with van der Waals surface area (Å²) in [6.45, 7) is 4.90.